The maximum Gasteiger partial charge on any atom is 0.203 e. The molecule has 0 saturated carbocycles. The van der Waals surface area contributed by atoms with Crippen LogP contribution in [-0.4, -0.2) is 126 Å². The minimum absolute atomic E-state index is 0. The van der Waals surface area contributed by atoms with Gasteiger partial charge in [-0.1, -0.05) is 0 Å². The molecule has 0 spiro atoms. The SMILES string of the molecule is CN=C(NCC1CN(C)CCN1C)N1CCN(Cc2cc(OC)c(OC)c(OC)c2)CC1.I. The van der Waals surface area contributed by atoms with E-state index in [0.29, 0.717) is 23.3 Å². The Morgan fingerprint density at radius 2 is 1.61 bits per heavy atom. The molecule has 9 nitrogen and oxygen atoms in total. The molecule has 33 heavy (non-hydrogen) atoms. The zero-order chi connectivity index (χ0) is 23.1. The molecule has 1 atom stereocenters. The van der Waals surface area contributed by atoms with Crippen molar-refractivity contribution in [2.75, 3.05) is 94.8 Å². The standard InChI is InChI=1S/C23H40N6O3.HI/c1-24-23(25-15-19-17-26(2)7-8-27(19)3)29-11-9-28(10-12-29)16-18-13-20(30-4)22(32-6)21(14-18)31-5;/h13-14,19H,7-12,15-17H2,1-6H3,(H,24,25);1H. The van der Waals surface area contributed by atoms with Gasteiger partial charge in [0, 0.05) is 72.0 Å². The van der Waals surface area contributed by atoms with E-state index in [1.54, 1.807) is 21.3 Å². The highest BCUT2D eigenvalue weighted by atomic mass is 127. The molecule has 2 heterocycles. The van der Waals surface area contributed by atoms with E-state index in [4.69, 9.17) is 14.2 Å². The molecule has 1 aromatic rings. The average Bonchev–Trinajstić information content (AvgIpc) is 2.81. The van der Waals surface area contributed by atoms with Gasteiger partial charge in [0.25, 0.3) is 0 Å². The third-order valence-corrected chi connectivity index (χ3v) is 6.49. The number of nitrogens with zero attached hydrogens (tertiary/aromatic N) is 5. The highest BCUT2D eigenvalue weighted by Gasteiger charge is 2.25. The number of nitrogens with one attached hydrogen (secondary N) is 1. The van der Waals surface area contributed by atoms with Crippen LogP contribution in [0.25, 0.3) is 0 Å². The average molecular weight is 577 g/mol. The van der Waals surface area contributed by atoms with Crippen LogP contribution in [0.1, 0.15) is 5.56 Å². The van der Waals surface area contributed by atoms with Gasteiger partial charge in [-0.05, 0) is 31.8 Å². The van der Waals surface area contributed by atoms with Gasteiger partial charge in [0.05, 0.1) is 21.3 Å². The molecule has 188 valence electrons. The van der Waals surface area contributed by atoms with E-state index in [2.05, 4.69) is 44.0 Å². The van der Waals surface area contributed by atoms with Gasteiger partial charge >= 0.3 is 0 Å². The second kappa shape index (κ2) is 13.4. The van der Waals surface area contributed by atoms with Crippen LogP contribution in [0.3, 0.4) is 0 Å². The Balaban J connectivity index is 0.00000385. The molecule has 3 rings (SSSR count). The predicted molar refractivity (Wildman–Crippen MR) is 144 cm³/mol. The number of hydrogen-bond acceptors (Lipinski definition) is 7. The summed E-state index contributed by atoms with van der Waals surface area (Å²) < 4.78 is 16.4. The van der Waals surface area contributed by atoms with Crippen LogP contribution in [0.4, 0.5) is 0 Å². The van der Waals surface area contributed by atoms with Crippen molar-refractivity contribution in [3.05, 3.63) is 17.7 Å². The van der Waals surface area contributed by atoms with Gasteiger partial charge in [0.15, 0.2) is 17.5 Å². The monoisotopic (exact) mass is 576 g/mol. The van der Waals surface area contributed by atoms with Crippen molar-refractivity contribution in [1.82, 2.24) is 24.9 Å². The summed E-state index contributed by atoms with van der Waals surface area (Å²) in [6.07, 6.45) is 0. The van der Waals surface area contributed by atoms with Gasteiger partial charge in [-0.2, -0.15) is 0 Å². The second-order valence-corrected chi connectivity index (χ2v) is 8.62. The summed E-state index contributed by atoms with van der Waals surface area (Å²) in [6, 6.07) is 4.57. The summed E-state index contributed by atoms with van der Waals surface area (Å²) in [4.78, 5) is 14.2. The molecule has 0 aliphatic carbocycles. The van der Waals surface area contributed by atoms with Gasteiger partial charge in [0.2, 0.25) is 5.75 Å². The van der Waals surface area contributed by atoms with Crippen LogP contribution in [0.2, 0.25) is 0 Å². The maximum atomic E-state index is 5.50. The lowest BCUT2D eigenvalue weighted by Crippen LogP contribution is -2.57. The van der Waals surface area contributed by atoms with Gasteiger partial charge in [-0.3, -0.25) is 14.8 Å². The minimum atomic E-state index is 0. The number of rotatable bonds is 7. The Morgan fingerprint density at radius 1 is 0.970 bits per heavy atom. The van der Waals surface area contributed by atoms with Crippen molar-refractivity contribution in [2.45, 2.75) is 12.6 Å². The number of halogens is 1. The van der Waals surface area contributed by atoms with E-state index in [1.165, 1.54) is 0 Å². The van der Waals surface area contributed by atoms with Crippen molar-refractivity contribution in [1.29, 1.82) is 0 Å². The van der Waals surface area contributed by atoms with Crippen molar-refractivity contribution < 1.29 is 14.2 Å². The van der Waals surface area contributed by atoms with Crippen molar-refractivity contribution >= 4 is 29.9 Å². The second-order valence-electron chi connectivity index (χ2n) is 8.62. The molecule has 0 radical (unpaired) electrons. The smallest absolute Gasteiger partial charge is 0.203 e. The van der Waals surface area contributed by atoms with Crippen LogP contribution in [-0.2, 0) is 6.54 Å². The number of aliphatic imine (C=N–C) groups is 1. The Hall–Kier alpha value is -1.50. The summed E-state index contributed by atoms with van der Waals surface area (Å²) >= 11 is 0. The van der Waals surface area contributed by atoms with Crippen LogP contribution in [0.15, 0.2) is 17.1 Å². The number of methoxy groups -OCH3 is 3. The number of benzene rings is 1. The maximum absolute atomic E-state index is 5.50. The summed E-state index contributed by atoms with van der Waals surface area (Å²) in [5.41, 5.74) is 1.15. The molecular weight excluding hydrogens is 535 g/mol. The van der Waals surface area contributed by atoms with Crippen LogP contribution in [0.5, 0.6) is 17.2 Å². The van der Waals surface area contributed by atoms with Crippen molar-refractivity contribution in [2.24, 2.45) is 4.99 Å². The lowest BCUT2D eigenvalue weighted by Gasteiger charge is -2.40. The van der Waals surface area contributed by atoms with Crippen molar-refractivity contribution in [3.8, 4) is 17.2 Å². The number of guanidine groups is 1. The van der Waals surface area contributed by atoms with E-state index in [0.717, 1.165) is 70.4 Å². The van der Waals surface area contributed by atoms with E-state index in [-0.39, 0.29) is 24.0 Å². The van der Waals surface area contributed by atoms with E-state index in [1.807, 2.05) is 19.2 Å². The third-order valence-electron chi connectivity index (χ3n) is 6.49. The fraction of sp³-hybridized carbons (Fsp3) is 0.696. The topological polar surface area (TPSA) is 65.0 Å². The molecule has 1 unspecified atom stereocenters. The quantitative estimate of drug-likeness (QED) is 0.296. The lowest BCUT2D eigenvalue weighted by molar-refractivity contribution is 0.115. The molecule has 2 aliphatic rings. The van der Waals surface area contributed by atoms with E-state index in [9.17, 15) is 0 Å². The zero-order valence-corrected chi connectivity index (χ0v) is 23.3. The number of likely N-dealkylation sites (N-methyl/N-ethyl adjacent to an activating group) is 2. The molecule has 0 aromatic heterocycles. The predicted octanol–water partition coefficient (Wildman–Crippen LogP) is 1.27. The molecule has 0 bridgehead atoms. The summed E-state index contributed by atoms with van der Waals surface area (Å²) in [5, 5.41) is 3.61. The van der Waals surface area contributed by atoms with Crippen LogP contribution < -0.4 is 19.5 Å². The fourth-order valence-electron chi connectivity index (χ4n) is 4.47. The normalized spacial score (nSPS) is 20.8. The molecular formula is C23H41IN6O3. The Bertz CT molecular complexity index is 748. The van der Waals surface area contributed by atoms with Crippen LogP contribution >= 0.6 is 24.0 Å². The third kappa shape index (κ3) is 7.24. The highest BCUT2D eigenvalue weighted by Crippen LogP contribution is 2.38. The fourth-order valence-corrected chi connectivity index (χ4v) is 4.47. The zero-order valence-electron chi connectivity index (χ0n) is 21.0. The van der Waals surface area contributed by atoms with Crippen molar-refractivity contribution in [3.63, 3.8) is 0 Å². The lowest BCUT2D eigenvalue weighted by atomic mass is 10.1. The first-order valence-electron chi connectivity index (χ1n) is 11.3. The summed E-state index contributed by atoms with van der Waals surface area (Å²) in [5.74, 6) is 3.03. The Labute approximate surface area is 216 Å². The van der Waals surface area contributed by atoms with E-state index >= 15 is 0 Å². The number of ether oxygens (including phenoxy) is 3. The summed E-state index contributed by atoms with van der Waals surface area (Å²) in [6.45, 7) is 8.94. The molecule has 1 N–H and O–H groups in total. The first-order chi connectivity index (χ1) is 15.5. The number of piperazine rings is 2. The molecule has 1 aromatic carbocycles. The van der Waals surface area contributed by atoms with Gasteiger partial charge < -0.3 is 29.3 Å². The highest BCUT2D eigenvalue weighted by molar-refractivity contribution is 14.0. The molecule has 10 heteroatoms. The molecule has 0 amide bonds. The summed E-state index contributed by atoms with van der Waals surface area (Å²) in [7, 11) is 11.2. The van der Waals surface area contributed by atoms with Crippen LogP contribution in [0, 0.1) is 0 Å². The minimum Gasteiger partial charge on any atom is -0.493 e. The number of hydrogen-bond donors (Lipinski definition) is 1. The largest absolute Gasteiger partial charge is 0.493 e. The first-order valence-corrected chi connectivity index (χ1v) is 11.3. The van der Waals surface area contributed by atoms with Gasteiger partial charge in [0.1, 0.15) is 0 Å². The van der Waals surface area contributed by atoms with Gasteiger partial charge in [-0.15, -0.1) is 24.0 Å². The first kappa shape index (κ1) is 27.7. The molecule has 2 saturated heterocycles. The molecule has 2 fully saturated rings. The van der Waals surface area contributed by atoms with Gasteiger partial charge in [-0.25, -0.2) is 0 Å². The van der Waals surface area contributed by atoms with E-state index < -0.39 is 0 Å². The Kier molecular flexibility index (Phi) is 11.3. The molecule has 2 aliphatic heterocycles. The Morgan fingerprint density at radius 3 is 2.15 bits per heavy atom.